The van der Waals surface area contributed by atoms with Gasteiger partial charge in [0.2, 0.25) is 0 Å². The maximum atomic E-state index is 12.6. The summed E-state index contributed by atoms with van der Waals surface area (Å²) in [5.41, 5.74) is 1.51. The molecule has 0 bridgehead atoms. The summed E-state index contributed by atoms with van der Waals surface area (Å²) in [7, 11) is 0. The molecule has 27 heavy (non-hydrogen) atoms. The molecule has 1 aliphatic rings. The number of aromatic nitrogens is 2. The molecule has 1 fully saturated rings. The largest absolute Gasteiger partial charge is 0.417 e. The Morgan fingerprint density at radius 2 is 1.85 bits per heavy atom. The Labute approximate surface area is 162 Å². The highest BCUT2D eigenvalue weighted by Crippen LogP contribution is 2.30. The van der Waals surface area contributed by atoms with E-state index in [1.807, 2.05) is 10.3 Å². The Morgan fingerprint density at radius 1 is 1.04 bits per heavy atom. The minimum absolute atomic E-state index is 0.594. The predicted molar refractivity (Wildman–Crippen MR) is 102 cm³/mol. The molecule has 3 aromatic heterocycles. The number of pyridine rings is 1. The van der Waals surface area contributed by atoms with E-state index in [-0.39, 0.29) is 0 Å². The average molecular weight is 410 g/mol. The van der Waals surface area contributed by atoms with Gasteiger partial charge in [-0.2, -0.15) is 24.5 Å². The molecule has 0 amide bonds. The quantitative estimate of drug-likeness (QED) is 0.629. The van der Waals surface area contributed by atoms with Gasteiger partial charge in [-0.15, -0.1) is 11.3 Å². The lowest BCUT2D eigenvalue weighted by Gasteiger charge is -2.35. The second-order valence-corrected chi connectivity index (χ2v) is 7.96. The molecule has 0 atom stereocenters. The number of hydrogen-bond acceptors (Lipinski definition) is 6. The highest BCUT2D eigenvalue weighted by Gasteiger charge is 2.31. The summed E-state index contributed by atoms with van der Waals surface area (Å²) >= 11 is 3.32. The molecule has 0 unspecified atom stereocenters. The third-order valence-electron chi connectivity index (χ3n) is 4.48. The van der Waals surface area contributed by atoms with Gasteiger partial charge in [-0.3, -0.25) is 4.90 Å². The van der Waals surface area contributed by atoms with Crippen molar-refractivity contribution in [2.75, 3.05) is 31.1 Å². The number of alkyl halides is 3. The molecule has 0 spiro atoms. The second kappa shape index (κ2) is 7.57. The van der Waals surface area contributed by atoms with Crippen molar-refractivity contribution in [3.63, 3.8) is 0 Å². The number of rotatable bonds is 4. The van der Waals surface area contributed by atoms with E-state index in [2.05, 4.69) is 26.7 Å². The van der Waals surface area contributed by atoms with E-state index in [1.54, 1.807) is 22.7 Å². The maximum Gasteiger partial charge on any atom is 0.417 e. The maximum absolute atomic E-state index is 12.6. The van der Waals surface area contributed by atoms with E-state index in [9.17, 15) is 13.2 Å². The summed E-state index contributed by atoms with van der Waals surface area (Å²) in [6, 6.07) is 4.62. The number of piperazine rings is 1. The van der Waals surface area contributed by atoms with Gasteiger partial charge in [0.1, 0.15) is 10.8 Å². The molecule has 0 radical (unpaired) electrons. The summed E-state index contributed by atoms with van der Waals surface area (Å²) in [5, 5.41) is 7.28. The molecule has 9 heteroatoms. The summed E-state index contributed by atoms with van der Waals surface area (Å²) in [4.78, 5) is 13.0. The Balaban J connectivity index is 1.33. The van der Waals surface area contributed by atoms with Crippen molar-refractivity contribution in [2.24, 2.45) is 0 Å². The van der Waals surface area contributed by atoms with Crippen molar-refractivity contribution in [3.8, 4) is 10.6 Å². The zero-order valence-electron chi connectivity index (χ0n) is 14.3. The van der Waals surface area contributed by atoms with E-state index in [0.717, 1.165) is 61.3 Å². The number of anilines is 1. The third kappa shape index (κ3) is 4.31. The van der Waals surface area contributed by atoms with E-state index in [1.165, 1.54) is 6.07 Å². The van der Waals surface area contributed by atoms with E-state index < -0.39 is 11.7 Å². The molecule has 0 N–H and O–H groups in total. The highest BCUT2D eigenvalue weighted by atomic mass is 32.1. The van der Waals surface area contributed by atoms with Crippen LogP contribution in [0.2, 0.25) is 0 Å². The standard InChI is InChI=1S/C18H17F3N4S2/c19-18(20,21)14-1-2-16(22-9-14)25-6-4-24(5-7-25)10-15-12-27-17(23-15)13-3-8-26-11-13/h1-3,8-9,11-12H,4-7,10H2. The molecule has 0 aromatic carbocycles. The molecule has 0 aliphatic carbocycles. The Bertz CT molecular complexity index is 867. The molecular weight excluding hydrogens is 393 g/mol. The number of halogens is 3. The SMILES string of the molecule is FC(F)(F)c1ccc(N2CCN(Cc3csc(-c4ccsc4)n3)CC2)nc1. The Hall–Kier alpha value is -1.97. The van der Waals surface area contributed by atoms with Gasteiger partial charge in [0.15, 0.2) is 0 Å². The monoisotopic (exact) mass is 410 g/mol. The second-order valence-electron chi connectivity index (χ2n) is 6.32. The topological polar surface area (TPSA) is 32.3 Å². The molecule has 4 rings (SSSR count). The fraction of sp³-hybridized carbons (Fsp3) is 0.333. The fourth-order valence-electron chi connectivity index (χ4n) is 3.00. The molecule has 3 aromatic rings. The molecule has 0 saturated carbocycles. The molecule has 1 saturated heterocycles. The number of thiophene rings is 1. The van der Waals surface area contributed by atoms with E-state index in [4.69, 9.17) is 4.98 Å². The lowest BCUT2D eigenvalue weighted by atomic mass is 10.2. The smallest absolute Gasteiger partial charge is 0.354 e. The molecule has 142 valence electrons. The van der Waals surface area contributed by atoms with Gasteiger partial charge in [0, 0.05) is 55.2 Å². The van der Waals surface area contributed by atoms with Gasteiger partial charge in [-0.05, 0) is 23.6 Å². The zero-order chi connectivity index (χ0) is 18.9. The first kappa shape index (κ1) is 18.4. The molecule has 4 nitrogen and oxygen atoms in total. The van der Waals surface area contributed by atoms with Gasteiger partial charge in [-0.25, -0.2) is 9.97 Å². The molecule has 4 heterocycles. The Morgan fingerprint density at radius 3 is 2.48 bits per heavy atom. The van der Waals surface area contributed by atoms with Gasteiger partial charge in [0.05, 0.1) is 11.3 Å². The first-order valence-electron chi connectivity index (χ1n) is 8.46. The number of nitrogens with zero attached hydrogens (tertiary/aromatic N) is 4. The fourth-order valence-corrected chi connectivity index (χ4v) is 4.53. The van der Waals surface area contributed by atoms with Crippen LogP contribution in [0.5, 0.6) is 0 Å². The van der Waals surface area contributed by atoms with Crippen LogP contribution < -0.4 is 4.90 Å². The third-order valence-corrected chi connectivity index (χ3v) is 6.10. The van der Waals surface area contributed by atoms with Crippen LogP contribution >= 0.6 is 22.7 Å². The van der Waals surface area contributed by atoms with Crippen LogP contribution in [-0.2, 0) is 12.7 Å². The normalized spacial score (nSPS) is 16.0. The van der Waals surface area contributed by atoms with Crippen molar-refractivity contribution in [3.05, 3.63) is 51.8 Å². The summed E-state index contributed by atoms with van der Waals surface area (Å²) < 4.78 is 37.9. The summed E-state index contributed by atoms with van der Waals surface area (Å²) in [6.45, 7) is 3.91. The van der Waals surface area contributed by atoms with Gasteiger partial charge in [-0.1, -0.05) is 0 Å². The van der Waals surface area contributed by atoms with Crippen LogP contribution in [-0.4, -0.2) is 41.0 Å². The van der Waals surface area contributed by atoms with Gasteiger partial charge >= 0.3 is 6.18 Å². The number of thiazole rings is 1. The van der Waals surface area contributed by atoms with Crippen LogP contribution in [0, 0.1) is 0 Å². The minimum Gasteiger partial charge on any atom is -0.354 e. The van der Waals surface area contributed by atoms with Crippen LogP contribution in [0.25, 0.3) is 10.6 Å². The molecular formula is C18H17F3N4S2. The van der Waals surface area contributed by atoms with Crippen LogP contribution in [0.1, 0.15) is 11.3 Å². The minimum atomic E-state index is -4.35. The summed E-state index contributed by atoms with van der Waals surface area (Å²) in [5.74, 6) is 0.594. The lowest BCUT2D eigenvalue weighted by molar-refractivity contribution is -0.137. The zero-order valence-corrected chi connectivity index (χ0v) is 15.9. The van der Waals surface area contributed by atoms with Crippen LogP contribution in [0.15, 0.2) is 40.5 Å². The lowest BCUT2D eigenvalue weighted by Crippen LogP contribution is -2.46. The van der Waals surface area contributed by atoms with Crippen molar-refractivity contribution in [1.82, 2.24) is 14.9 Å². The van der Waals surface area contributed by atoms with E-state index >= 15 is 0 Å². The summed E-state index contributed by atoms with van der Waals surface area (Å²) in [6.07, 6.45) is -3.44. The molecule has 1 aliphatic heterocycles. The van der Waals surface area contributed by atoms with Crippen molar-refractivity contribution in [2.45, 2.75) is 12.7 Å². The van der Waals surface area contributed by atoms with Crippen molar-refractivity contribution in [1.29, 1.82) is 0 Å². The Kier molecular flexibility index (Phi) is 5.16. The first-order chi connectivity index (χ1) is 13.0. The van der Waals surface area contributed by atoms with Crippen molar-refractivity contribution < 1.29 is 13.2 Å². The van der Waals surface area contributed by atoms with Gasteiger partial charge in [0.25, 0.3) is 0 Å². The number of hydrogen-bond donors (Lipinski definition) is 0. The van der Waals surface area contributed by atoms with Crippen LogP contribution in [0.4, 0.5) is 19.0 Å². The van der Waals surface area contributed by atoms with Crippen molar-refractivity contribution >= 4 is 28.5 Å². The first-order valence-corrected chi connectivity index (χ1v) is 10.3. The van der Waals surface area contributed by atoms with Gasteiger partial charge < -0.3 is 4.90 Å². The highest BCUT2D eigenvalue weighted by molar-refractivity contribution is 7.14. The van der Waals surface area contributed by atoms with Crippen LogP contribution in [0.3, 0.4) is 0 Å². The average Bonchev–Trinajstić information content (AvgIpc) is 3.33. The van der Waals surface area contributed by atoms with E-state index in [0.29, 0.717) is 5.82 Å². The predicted octanol–water partition coefficient (Wildman–Crippen LogP) is 4.61.